The summed E-state index contributed by atoms with van der Waals surface area (Å²) in [5, 5.41) is 8.10. The number of hydrogen-bond donors (Lipinski definition) is 0. The molecule has 0 saturated heterocycles. The Morgan fingerprint density at radius 3 is 2.68 bits per heavy atom. The van der Waals surface area contributed by atoms with Crippen molar-refractivity contribution in [3.8, 4) is 22.8 Å². The van der Waals surface area contributed by atoms with Crippen LogP contribution in [-0.4, -0.2) is 19.9 Å². The predicted molar refractivity (Wildman–Crippen MR) is 80.7 cm³/mol. The van der Waals surface area contributed by atoms with Crippen LogP contribution in [0.25, 0.3) is 22.8 Å². The highest BCUT2D eigenvalue weighted by Crippen LogP contribution is 2.26. The van der Waals surface area contributed by atoms with E-state index in [1.165, 1.54) is 6.07 Å². The first-order chi connectivity index (χ1) is 10.6. The largest absolute Gasteiger partial charge is 0.333 e. The van der Waals surface area contributed by atoms with Gasteiger partial charge < -0.3 is 4.52 Å². The fourth-order valence-corrected chi connectivity index (χ4v) is 2.46. The standard InChI is InChI=1S/C16H17FN4O/c1-4-10-6-7-11(13(17)8-10)15-19-16(22-20-15)12-9-18-21(3)14(12)5-2/h6-9H,4-5H2,1-3H3. The minimum absolute atomic E-state index is 0.251. The van der Waals surface area contributed by atoms with Gasteiger partial charge in [0.2, 0.25) is 5.82 Å². The second-order valence-electron chi connectivity index (χ2n) is 5.07. The first kappa shape index (κ1) is 14.4. The van der Waals surface area contributed by atoms with Crippen LogP contribution in [0.1, 0.15) is 25.1 Å². The van der Waals surface area contributed by atoms with Crippen molar-refractivity contribution in [1.29, 1.82) is 0 Å². The lowest BCUT2D eigenvalue weighted by Gasteiger charge is -2.00. The summed E-state index contributed by atoms with van der Waals surface area (Å²) < 4.78 is 21.2. The van der Waals surface area contributed by atoms with Crippen molar-refractivity contribution in [2.24, 2.45) is 7.05 Å². The van der Waals surface area contributed by atoms with Crippen LogP contribution in [0.5, 0.6) is 0 Å². The Morgan fingerprint density at radius 2 is 2.00 bits per heavy atom. The third-order valence-electron chi connectivity index (χ3n) is 3.74. The van der Waals surface area contributed by atoms with Crippen molar-refractivity contribution in [3.05, 3.63) is 41.5 Å². The van der Waals surface area contributed by atoms with Crippen molar-refractivity contribution in [2.45, 2.75) is 26.7 Å². The lowest BCUT2D eigenvalue weighted by atomic mass is 10.1. The quantitative estimate of drug-likeness (QED) is 0.741. The van der Waals surface area contributed by atoms with Crippen LogP contribution in [0.4, 0.5) is 4.39 Å². The van der Waals surface area contributed by atoms with Gasteiger partial charge in [0.1, 0.15) is 5.82 Å². The molecule has 0 amide bonds. The van der Waals surface area contributed by atoms with E-state index in [9.17, 15) is 4.39 Å². The molecule has 0 radical (unpaired) electrons. The summed E-state index contributed by atoms with van der Waals surface area (Å²) in [7, 11) is 1.86. The van der Waals surface area contributed by atoms with Crippen LogP contribution in [0.2, 0.25) is 0 Å². The summed E-state index contributed by atoms with van der Waals surface area (Å²) in [6, 6.07) is 5.07. The molecule has 0 fully saturated rings. The zero-order valence-electron chi connectivity index (χ0n) is 12.8. The number of aromatic nitrogens is 4. The van der Waals surface area contributed by atoms with Gasteiger partial charge in [-0.1, -0.05) is 25.1 Å². The van der Waals surface area contributed by atoms with Gasteiger partial charge in [-0.15, -0.1) is 0 Å². The molecule has 0 aliphatic heterocycles. The summed E-state index contributed by atoms with van der Waals surface area (Å²) in [6.45, 7) is 4.01. The highest BCUT2D eigenvalue weighted by Gasteiger charge is 2.18. The van der Waals surface area contributed by atoms with E-state index in [0.717, 1.165) is 29.7 Å². The predicted octanol–water partition coefficient (Wildman–Crippen LogP) is 3.40. The molecule has 0 N–H and O–H groups in total. The molecule has 3 aromatic rings. The van der Waals surface area contributed by atoms with Crippen molar-refractivity contribution in [3.63, 3.8) is 0 Å². The van der Waals surface area contributed by atoms with E-state index in [0.29, 0.717) is 11.5 Å². The van der Waals surface area contributed by atoms with E-state index < -0.39 is 0 Å². The van der Waals surface area contributed by atoms with E-state index in [1.807, 2.05) is 27.0 Å². The van der Waals surface area contributed by atoms with Crippen LogP contribution < -0.4 is 0 Å². The van der Waals surface area contributed by atoms with Gasteiger partial charge in [-0.05, 0) is 30.5 Å². The number of rotatable bonds is 4. The molecular formula is C16H17FN4O. The molecule has 0 aliphatic carbocycles. The fraction of sp³-hybridized carbons (Fsp3) is 0.312. The number of benzene rings is 1. The Hall–Kier alpha value is -2.50. The number of aryl methyl sites for hydroxylation is 2. The summed E-state index contributed by atoms with van der Waals surface area (Å²) in [4.78, 5) is 4.32. The molecule has 2 heterocycles. The van der Waals surface area contributed by atoms with E-state index in [2.05, 4.69) is 15.2 Å². The monoisotopic (exact) mass is 300 g/mol. The number of hydrogen-bond acceptors (Lipinski definition) is 4. The molecule has 6 heteroatoms. The summed E-state index contributed by atoms with van der Waals surface area (Å²) >= 11 is 0. The lowest BCUT2D eigenvalue weighted by molar-refractivity contribution is 0.431. The van der Waals surface area contributed by atoms with Crippen LogP contribution in [-0.2, 0) is 19.9 Å². The Bertz CT molecular complexity index is 806. The summed E-state index contributed by atoms with van der Waals surface area (Å²) in [5.41, 5.74) is 3.06. The molecule has 5 nitrogen and oxygen atoms in total. The number of nitrogens with zero attached hydrogens (tertiary/aromatic N) is 4. The van der Waals surface area contributed by atoms with Gasteiger partial charge in [-0.2, -0.15) is 10.1 Å². The Labute approximate surface area is 127 Å². The van der Waals surface area contributed by atoms with Gasteiger partial charge in [0.25, 0.3) is 5.89 Å². The molecule has 0 aliphatic rings. The smallest absolute Gasteiger partial charge is 0.261 e. The SMILES string of the molecule is CCc1ccc(-c2noc(-c3cnn(C)c3CC)n2)c(F)c1. The molecule has 0 spiro atoms. The van der Waals surface area contributed by atoms with Crippen LogP contribution >= 0.6 is 0 Å². The zero-order chi connectivity index (χ0) is 15.7. The molecule has 2 aromatic heterocycles. The van der Waals surface area contributed by atoms with Gasteiger partial charge in [-0.25, -0.2) is 4.39 Å². The maximum Gasteiger partial charge on any atom is 0.261 e. The summed E-state index contributed by atoms with van der Waals surface area (Å²) in [6.07, 6.45) is 3.26. The van der Waals surface area contributed by atoms with Gasteiger partial charge >= 0.3 is 0 Å². The Morgan fingerprint density at radius 1 is 1.18 bits per heavy atom. The third kappa shape index (κ3) is 2.41. The zero-order valence-corrected chi connectivity index (χ0v) is 12.8. The van der Waals surface area contributed by atoms with Crippen molar-refractivity contribution in [2.75, 3.05) is 0 Å². The van der Waals surface area contributed by atoms with Crippen molar-refractivity contribution in [1.82, 2.24) is 19.9 Å². The minimum Gasteiger partial charge on any atom is -0.333 e. The van der Waals surface area contributed by atoms with Crippen molar-refractivity contribution < 1.29 is 8.91 Å². The molecule has 1 aromatic carbocycles. The molecule has 0 unspecified atom stereocenters. The first-order valence-electron chi connectivity index (χ1n) is 7.27. The maximum atomic E-state index is 14.1. The second kappa shape index (κ2) is 5.71. The molecule has 3 rings (SSSR count). The van der Waals surface area contributed by atoms with E-state index >= 15 is 0 Å². The minimum atomic E-state index is -0.339. The second-order valence-corrected chi connectivity index (χ2v) is 5.07. The van der Waals surface area contributed by atoms with E-state index in [-0.39, 0.29) is 11.6 Å². The van der Waals surface area contributed by atoms with Gasteiger partial charge in [0.15, 0.2) is 0 Å². The van der Waals surface area contributed by atoms with Gasteiger partial charge in [-0.3, -0.25) is 4.68 Å². The van der Waals surface area contributed by atoms with Crippen LogP contribution in [0, 0.1) is 5.82 Å². The topological polar surface area (TPSA) is 56.7 Å². The average Bonchev–Trinajstić information content (AvgIpc) is 3.13. The third-order valence-corrected chi connectivity index (χ3v) is 3.74. The molecule has 114 valence electrons. The Balaban J connectivity index is 2.00. The fourth-order valence-electron chi connectivity index (χ4n) is 2.46. The highest BCUT2D eigenvalue weighted by atomic mass is 19.1. The summed E-state index contributed by atoms with van der Waals surface area (Å²) in [5.74, 6) is 0.272. The van der Waals surface area contributed by atoms with Crippen LogP contribution in [0.3, 0.4) is 0 Å². The molecule has 0 saturated carbocycles. The first-order valence-corrected chi connectivity index (χ1v) is 7.27. The van der Waals surface area contributed by atoms with E-state index in [1.54, 1.807) is 16.9 Å². The van der Waals surface area contributed by atoms with Crippen LogP contribution in [0.15, 0.2) is 28.9 Å². The number of halogens is 1. The molecular weight excluding hydrogens is 283 g/mol. The molecule has 22 heavy (non-hydrogen) atoms. The van der Waals surface area contributed by atoms with E-state index in [4.69, 9.17) is 4.52 Å². The molecule has 0 atom stereocenters. The maximum absolute atomic E-state index is 14.1. The normalized spacial score (nSPS) is 11.1. The van der Waals surface area contributed by atoms with Gasteiger partial charge in [0.05, 0.1) is 23.0 Å². The van der Waals surface area contributed by atoms with Gasteiger partial charge in [0, 0.05) is 7.05 Å². The van der Waals surface area contributed by atoms with Crippen molar-refractivity contribution >= 4 is 0 Å². The average molecular weight is 300 g/mol. The molecule has 0 bridgehead atoms. The highest BCUT2D eigenvalue weighted by molar-refractivity contribution is 5.61. The lowest BCUT2D eigenvalue weighted by Crippen LogP contribution is -1.97. The Kier molecular flexibility index (Phi) is 3.75.